The molecule has 0 atom stereocenters. The minimum Gasteiger partial charge on any atom is -0.288 e. The highest BCUT2D eigenvalue weighted by atomic mass is 35.5. The molecule has 0 saturated carbocycles. The van der Waals surface area contributed by atoms with Crippen molar-refractivity contribution in [2.75, 3.05) is 12.5 Å². The first-order valence-electron chi connectivity index (χ1n) is 10.8. The van der Waals surface area contributed by atoms with Gasteiger partial charge in [0.2, 0.25) is 5.78 Å². The first-order valence-corrected chi connectivity index (χ1v) is 15.2. The molecule has 3 heterocycles. The number of ketones is 1. The van der Waals surface area contributed by atoms with Crippen molar-refractivity contribution < 1.29 is 4.79 Å². The maximum absolute atomic E-state index is 12.4. The van der Waals surface area contributed by atoms with Crippen LogP contribution in [0.3, 0.4) is 0 Å². The summed E-state index contributed by atoms with van der Waals surface area (Å²) in [7, 11) is 0. The smallest absolute Gasteiger partial charge is 0.200 e. The van der Waals surface area contributed by atoms with Gasteiger partial charge in [0.1, 0.15) is 15.5 Å². The molecule has 0 aliphatic heterocycles. The van der Waals surface area contributed by atoms with Gasteiger partial charge in [-0.2, -0.15) is 5.10 Å². The number of fused-ring (bicyclic) bond motifs is 1. The number of nitrogens with one attached hydrogen (secondary N) is 1. The zero-order valence-corrected chi connectivity index (χ0v) is 26.0. The van der Waals surface area contributed by atoms with Gasteiger partial charge in [-0.3, -0.25) is 21.6 Å². The summed E-state index contributed by atoms with van der Waals surface area (Å²) in [5.41, 5.74) is 2.48. The maximum Gasteiger partial charge on any atom is 0.200 e. The topological polar surface area (TPSA) is 149 Å². The van der Waals surface area contributed by atoms with E-state index in [1.165, 1.54) is 23.5 Å². The Kier molecular flexibility index (Phi) is 12.2. The summed E-state index contributed by atoms with van der Waals surface area (Å²) in [6, 6.07) is 14.1. The summed E-state index contributed by atoms with van der Waals surface area (Å²) >= 11 is 33.1. The van der Waals surface area contributed by atoms with E-state index < -0.39 is 5.78 Å². The fraction of sp³-hybridized carbons (Fsp3) is 0.0833. The van der Waals surface area contributed by atoms with Gasteiger partial charge >= 0.3 is 0 Å². The summed E-state index contributed by atoms with van der Waals surface area (Å²) in [4.78, 5) is 28.9. The van der Waals surface area contributed by atoms with Gasteiger partial charge in [-0.15, -0.1) is 0 Å². The number of thioether (sulfide) groups is 2. The summed E-state index contributed by atoms with van der Waals surface area (Å²) < 4.78 is 0. The molecule has 5 N–H and O–H groups in total. The summed E-state index contributed by atoms with van der Waals surface area (Å²) in [6.07, 6.45) is 3.68. The lowest BCUT2D eigenvalue weighted by atomic mass is 10.1. The van der Waals surface area contributed by atoms with Crippen LogP contribution in [0.2, 0.25) is 25.5 Å². The number of aromatic nitrogens is 6. The van der Waals surface area contributed by atoms with Crippen molar-refractivity contribution in [3.63, 3.8) is 0 Å². The number of aromatic amines is 1. The maximum atomic E-state index is 12.4. The third kappa shape index (κ3) is 7.35. The van der Waals surface area contributed by atoms with E-state index in [0.717, 1.165) is 11.3 Å². The van der Waals surface area contributed by atoms with Gasteiger partial charge in [-0.05, 0) is 30.7 Å². The molecule has 208 valence electrons. The molecule has 9 nitrogen and oxygen atoms in total. The van der Waals surface area contributed by atoms with E-state index in [2.05, 4.69) is 41.8 Å². The SMILES string of the molecule is CSc1nc(Cl)c(C(=O)c2ccccc2Cl)c(Cl)n1.CSc1nc(Cl)c2c(-c3ccccc3Cl)[nH]nc2n1.NN. The van der Waals surface area contributed by atoms with Crippen molar-refractivity contribution >= 4 is 98.3 Å². The Balaban J connectivity index is 0.000000208. The summed E-state index contributed by atoms with van der Waals surface area (Å²) in [6.45, 7) is 0. The molecule has 0 aliphatic carbocycles. The number of nitrogens with two attached hydrogens (primary N) is 2. The highest BCUT2D eigenvalue weighted by Gasteiger charge is 2.22. The number of hydrogen-bond acceptors (Lipinski definition) is 10. The van der Waals surface area contributed by atoms with Crippen LogP contribution in [0.15, 0.2) is 58.8 Å². The second-order valence-corrected chi connectivity index (χ2v) is 10.7. The second-order valence-electron chi connectivity index (χ2n) is 7.25. The highest BCUT2D eigenvalue weighted by Crippen LogP contribution is 2.34. The van der Waals surface area contributed by atoms with E-state index in [0.29, 0.717) is 42.1 Å². The van der Waals surface area contributed by atoms with Crippen molar-refractivity contribution in [2.24, 2.45) is 11.7 Å². The van der Waals surface area contributed by atoms with Gasteiger partial charge in [0.05, 0.1) is 21.7 Å². The Morgan fingerprint density at radius 1 is 0.750 bits per heavy atom. The zero-order valence-electron chi connectivity index (χ0n) is 20.6. The lowest BCUT2D eigenvalue weighted by molar-refractivity contribution is 0.103. The molecule has 0 unspecified atom stereocenters. The molecule has 16 heteroatoms. The van der Waals surface area contributed by atoms with Crippen LogP contribution >= 0.6 is 81.5 Å². The van der Waals surface area contributed by atoms with Gasteiger partial charge in [0.15, 0.2) is 16.0 Å². The quantitative estimate of drug-likeness (QED) is 0.0434. The minimum absolute atomic E-state index is 0.0225. The Bertz CT molecular complexity index is 1630. The van der Waals surface area contributed by atoms with Crippen LogP contribution in [0.25, 0.3) is 22.3 Å². The van der Waals surface area contributed by atoms with Crippen molar-refractivity contribution in [3.8, 4) is 11.3 Å². The molecule has 5 rings (SSSR count). The first-order chi connectivity index (χ1) is 19.2. The fourth-order valence-electron chi connectivity index (χ4n) is 3.26. The molecule has 0 radical (unpaired) electrons. The second kappa shape index (κ2) is 15.2. The lowest BCUT2D eigenvalue weighted by Gasteiger charge is -2.07. The number of carbonyl (C=O) groups excluding carboxylic acids is 1. The van der Waals surface area contributed by atoms with Crippen LogP contribution in [0.1, 0.15) is 15.9 Å². The van der Waals surface area contributed by atoms with Gasteiger partial charge in [-0.25, -0.2) is 19.9 Å². The highest BCUT2D eigenvalue weighted by molar-refractivity contribution is 7.98. The van der Waals surface area contributed by atoms with Gasteiger partial charge < -0.3 is 0 Å². The molecule has 0 saturated heterocycles. The molecular weight excluding hydrogens is 658 g/mol. The first kappa shape index (κ1) is 32.3. The number of hydrazine groups is 1. The summed E-state index contributed by atoms with van der Waals surface area (Å²) in [5, 5.41) is 10.2. The molecule has 0 fully saturated rings. The predicted octanol–water partition coefficient (Wildman–Crippen LogP) is 7.26. The van der Waals surface area contributed by atoms with E-state index in [-0.39, 0.29) is 15.9 Å². The average Bonchev–Trinajstić information content (AvgIpc) is 3.39. The number of rotatable bonds is 5. The van der Waals surface area contributed by atoms with Gasteiger partial charge in [0, 0.05) is 16.1 Å². The number of hydrogen-bond donors (Lipinski definition) is 3. The van der Waals surface area contributed by atoms with Gasteiger partial charge in [-0.1, -0.05) is 112 Å². The Morgan fingerprint density at radius 2 is 1.27 bits per heavy atom. The number of nitrogens with zero attached hydrogens (tertiary/aromatic N) is 5. The molecule has 0 spiro atoms. The molecule has 0 bridgehead atoms. The minimum atomic E-state index is -0.395. The largest absolute Gasteiger partial charge is 0.288 e. The Labute approximate surface area is 262 Å². The standard InChI is InChI=1S/C12H7Cl3N2OS.C12H8Cl2N4S.H4N2/c1-19-12-16-10(14)8(11(15)17-12)9(18)6-4-2-3-5-7(6)13;1-19-12-15-10(14)8-9(17-18-11(8)16-12)6-4-2-3-5-7(6)13;1-2/h2-5H,1H3;2-5H,1H3,(H,15,16,17,18);1-2H2. The third-order valence-electron chi connectivity index (χ3n) is 5.00. The monoisotopic (exact) mass is 674 g/mol. The summed E-state index contributed by atoms with van der Waals surface area (Å²) in [5.74, 6) is 7.60. The number of benzene rings is 2. The van der Waals surface area contributed by atoms with Crippen LogP contribution in [-0.2, 0) is 0 Å². The fourth-order valence-corrected chi connectivity index (χ4v) is 5.41. The van der Waals surface area contributed by atoms with E-state index in [4.69, 9.17) is 58.0 Å². The number of H-pyrrole nitrogens is 1. The lowest BCUT2D eigenvalue weighted by Crippen LogP contribution is -2.07. The molecule has 40 heavy (non-hydrogen) atoms. The van der Waals surface area contributed by atoms with Crippen molar-refractivity contribution in [3.05, 3.63) is 85.2 Å². The Morgan fingerprint density at radius 3 is 1.85 bits per heavy atom. The van der Waals surface area contributed by atoms with Crippen molar-refractivity contribution in [1.29, 1.82) is 0 Å². The van der Waals surface area contributed by atoms with E-state index in [1.807, 2.05) is 30.5 Å². The van der Waals surface area contributed by atoms with Crippen LogP contribution < -0.4 is 11.7 Å². The molecule has 3 aromatic heterocycles. The van der Waals surface area contributed by atoms with Crippen molar-refractivity contribution in [2.45, 2.75) is 10.3 Å². The van der Waals surface area contributed by atoms with Crippen molar-refractivity contribution in [1.82, 2.24) is 30.1 Å². The Hall–Kier alpha value is -2.19. The molecular formula is C24H19Cl5N8OS2. The van der Waals surface area contributed by atoms with Gasteiger partial charge in [0.25, 0.3) is 0 Å². The third-order valence-corrected chi connectivity index (χ3v) is 7.58. The zero-order chi connectivity index (χ0) is 29.4. The van der Waals surface area contributed by atoms with Crippen LogP contribution in [0, 0.1) is 0 Å². The number of carbonyl (C=O) groups is 1. The molecule has 2 aromatic carbocycles. The van der Waals surface area contributed by atoms with Crippen LogP contribution in [0.4, 0.5) is 0 Å². The number of halogens is 5. The van der Waals surface area contributed by atoms with E-state index >= 15 is 0 Å². The molecule has 5 aromatic rings. The molecule has 0 amide bonds. The van der Waals surface area contributed by atoms with Crippen LogP contribution in [0.5, 0.6) is 0 Å². The normalized spacial score (nSPS) is 10.4. The average molecular weight is 677 g/mol. The molecule has 0 aliphatic rings. The van der Waals surface area contributed by atoms with E-state index in [9.17, 15) is 4.79 Å². The van der Waals surface area contributed by atoms with Crippen LogP contribution in [-0.4, -0.2) is 48.4 Å². The predicted molar refractivity (Wildman–Crippen MR) is 166 cm³/mol. The van der Waals surface area contributed by atoms with E-state index in [1.54, 1.807) is 30.5 Å².